The lowest BCUT2D eigenvalue weighted by atomic mass is 10.4. The largest absolute Gasteiger partial charge is 0.500 e. The van der Waals surface area contributed by atoms with Crippen molar-refractivity contribution in [3.63, 3.8) is 0 Å². The first-order valence-corrected chi connectivity index (χ1v) is 9.87. The molecule has 0 heterocycles. The van der Waals surface area contributed by atoms with E-state index in [2.05, 4.69) is 32.8 Å². The van der Waals surface area contributed by atoms with Crippen LogP contribution in [-0.2, 0) is 4.43 Å². The molecule has 2 heteroatoms. The Morgan fingerprint density at radius 1 is 0.824 bits per heavy atom. The highest BCUT2D eigenvalue weighted by Crippen LogP contribution is 2.29. The Balaban J connectivity index is 4.54. The molecular weight excluding hydrogens is 224 g/mol. The molecule has 0 bridgehead atoms. The molecule has 0 aromatic heterocycles. The summed E-state index contributed by atoms with van der Waals surface area (Å²) in [6.45, 7) is 8.68. The maximum Gasteiger partial charge on any atom is 0.265 e. The van der Waals surface area contributed by atoms with Gasteiger partial charge in [0.2, 0.25) is 0 Å². The molecule has 0 saturated heterocycles. The molecule has 0 amide bonds. The minimum absolute atomic E-state index is 1.27. The van der Waals surface area contributed by atoms with Crippen molar-refractivity contribution >= 4 is 8.32 Å². The molecule has 0 fully saturated rings. The van der Waals surface area contributed by atoms with Crippen LogP contribution < -0.4 is 0 Å². The molecule has 0 aliphatic carbocycles. The number of rotatable bonds is 10. The second-order valence-electron chi connectivity index (χ2n) is 4.95. The monoisotopic (exact) mass is 254 g/mol. The molecule has 17 heavy (non-hydrogen) atoms. The minimum Gasteiger partial charge on any atom is -0.500 e. The zero-order valence-corrected chi connectivity index (χ0v) is 13.3. The number of hydrogen-bond acceptors (Lipinski definition) is 1. The third-order valence-corrected chi connectivity index (χ3v) is 7.66. The average Bonchev–Trinajstić information content (AvgIpc) is 2.37. The normalized spacial score (nSPS) is 10.8. The van der Waals surface area contributed by atoms with Gasteiger partial charge in [-0.2, -0.15) is 0 Å². The highest BCUT2D eigenvalue weighted by Gasteiger charge is 2.34. The first-order valence-electron chi connectivity index (χ1n) is 7.34. The first-order chi connectivity index (χ1) is 8.24. The fourth-order valence-electron chi connectivity index (χ4n) is 2.18. The molecule has 1 nitrogen and oxygen atoms in total. The molecule has 0 atom stereocenters. The summed E-state index contributed by atoms with van der Waals surface area (Å²) in [5, 5.41) is 0. The van der Waals surface area contributed by atoms with Crippen LogP contribution in [0, 0.1) is 12.0 Å². The molecular formula is C15H30OSi. The van der Waals surface area contributed by atoms with E-state index in [1.165, 1.54) is 56.7 Å². The van der Waals surface area contributed by atoms with Crippen molar-refractivity contribution in [2.24, 2.45) is 0 Å². The van der Waals surface area contributed by atoms with Crippen LogP contribution in [0.15, 0.2) is 0 Å². The van der Waals surface area contributed by atoms with Gasteiger partial charge in [0.25, 0.3) is 8.32 Å². The molecule has 0 radical (unpaired) electrons. The summed E-state index contributed by atoms with van der Waals surface area (Å²) in [7, 11) is -1.55. The zero-order chi connectivity index (χ0) is 13.0. The van der Waals surface area contributed by atoms with E-state index in [1.807, 2.05) is 6.92 Å². The minimum atomic E-state index is -1.55. The molecule has 0 aromatic carbocycles. The lowest BCUT2D eigenvalue weighted by Crippen LogP contribution is -2.36. The molecule has 0 unspecified atom stereocenters. The van der Waals surface area contributed by atoms with Gasteiger partial charge in [-0.1, -0.05) is 65.2 Å². The second-order valence-corrected chi connectivity index (χ2v) is 9.02. The topological polar surface area (TPSA) is 9.23 Å². The first kappa shape index (κ1) is 16.6. The quantitative estimate of drug-likeness (QED) is 0.378. The van der Waals surface area contributed by atoms with E-state index in [-0.39, 0.29) is 0 Å². The van der Waals surface area contributed by atoms with Crippen LogP contribution in [0.3, 0.4) is 0 Å². The smallest absolute Gasteiger partial charge is 0.265 e. The van der Waals surface area contributed by atoms with Gasteiger partial charge in [-0.05, 0) is 18.1 Å². The van der Waals surface area contributed by atoms with Crippen molar-refractivity contribution in [1.82, 2.24) is 0 Å². The van der Waals surface area contributed by atoms with Gasteiger partial charge in [0.1, 0.15) is 0 Å². The summed E-state index contributed by atoms with van der Waals surface area (Å²) in [5.74, 6) is 2.91. The number of unbranched alkanes of at least 4 members (excludes halogenated alkanes) is 3. The molecule has 0 N–H and O–H groups in total. The third-order valence-electron chi connectivity index (χ3n) is 3.33. The molecule has 0 saturated carbocycles. The molecule has 0 aliphatic heterocycles. The van der Waals surface area contributed by atoms with Gasteiger partial charge in [-0.3, -0.25) is 0 Å². The Labute approximate surface area is 109 Å². The van der Waals surface area contributed by atoms with Crippen molar-refractivity contribution < 1.29 is 4.43 Å². The predicted octanol–water partition coefficient (Wildman–Crippen LogP) is 5.33. The van der Waals surface area contributed by atoms with Gasteiger partial charge >= 0.3 is 0 Å². The summed E-state index contributed by atoms with van der Waals surface area (Å²) >= 11 is 0. The SMILES string of the molecule is CC#CO[Si](CCCC)(CCCC)CCCC. The van der Waals surface area contributed by atoms with E-state index in [0.29, 0.717) is 0 Å². The molecule has 0 aliphatic rings. The summed E-state index contributed by atoms with van der Waals surface area (Å²) in [6, 6.07) is 3.91. The summed E-state index contributed by atoms with van der Waals surface area (Å²) in [5.41, 5.74) is 0. The van der Waals surface area contributed by atoms with Crippen molar-refractivity contribution in [2.75, 3.05) is 0 Å². The Morgan fingerprint density at radius 3 is 1.53 bits per heavy atom. The lowest BCUT2D eigenvalue weighted by Gasteiger charge is -2.29. The van der Waals surface area contributed by atoms with E-state index in [9.17, 15) is 0 Å². The van der Waals surface area contributed by atoms with Crippen LogP contribution in [0.2, 0.25) is 18.1 Å². The molecule has 100 valence electrons. The van der Waals surface area contributed by atoms with Crippen LogP contribution in [0.1, 0.15) is 66.2 Å². The Hall–Kier alpha value is -0.423. The standard InChI is InChI=1S/C15H30OSi/c1-5-9-13-17(14-10-6-2,15-11-7-3)16-12-8-4/h5-7,9-11,13-15H2,1-4H3. The summed E-state index contributed by atoms with van der Waals surface area (Å²) in [6.07, 6.45) is 10.7. The van der Waals surface area contributed by atoms with Crippen molar-refractivity contribution in [1.29, 1.82) is 0 Å². The van der Waals surface area contributed by atoms with Gasteiger partial charge < -0.3 is 4.43 Å². The number of hydrogen-bond donors (Lipinski definition) is 0. The maximum absolute atomic E-state index is 6.06. The highest BCUT2D eigenvalue weighted by atomic mass is 28.4. The van der Waals surface area contributed by atoms with Gasteiger partial charge in [0.15, 0.2) is 0 Å². The van der Waals surface area contributed by atoms with Gasteiger partial charge in [0.05, 0.1) is 6.11 Å². The van der Waals surface area contributed by atoms with Crippen LogP contribution in [-0.4, -0.2) is 8.32 Å². The third kappa shape index (κ3) is 7.49. The van der Waals surface area contributed by atoms with Gasteiger partial charge in [-0.25, -0.2) is 0 Å². The maximum atomic E-state index is 6.06. The molecule has 0 aromatic rings. The predicted molar refractivity (Wildman–Crippen MR) is 79.4 cm³/mol. The van der Waals surface area contributed by atoms with E-state index in [1.54, 1.807) is 0 Å². The van der Waals surface area contributed by atoms with Crippen LogP contribution >= 0.6 is 0 Å². The van der Waals surface area contributed by atoms with E-state index in [4.69, 9.17) is 4.43 Å². The van der Waals surface area contributed by atoms with Gasteiger partial charge in [-0.15, -0.1) is 0 Å². The Morgan fingerprint density at radius 2 is 1.24 bits per heavy atom. The highest BCUT2D eigenvalue weighted by molar-refractivity contribution is 6.74. The van der Waals surface area contributed by atoms with Crippen molar-refractivity contribution in [3.8, 4) is 12.0 Å². The molecule has 0 rings (SSSR count). The molecule has 0 spiro atoms. The summed E-state index contributed by atoms with van der Waals surface area (Å²) < 4.78 is 6.06. The summed E-state index contributed by atoms with van der Waals surface area (Å²) in [4.78, 5) is 0. The van der Waals surface area contributed by atoms with Crippen LogP contribution in [0.4, 0.5) is 0 Å². The van der Waals surface area contributed by atoms with Crippen LogP contribution in [0.25, 0.3) is 0 Å². The van der Waals surface area contributed by atoms with Gasteiger partial charge in [0, 0.05) is 6.92 Å². The van der Waals surface area contributed by atoms with E-state index >= 15 is 0 Å². The van der Waals surface area contributed by atoms with Crippen LogP contribution in [0.5, 0.6) is 0 Å². The lowest BCUT2D eigenvalue weighted by molar-refractivity contribution is 0.476. The second kappa shape index (κ2) is 10.7. The fraction of sp³-hybridized carbons (Fsp3) is 0.867. The average molecular weight is 254 g/mol. The van der Waals surface area contributed by atoms with Crippen molar-refractivity contribution in [3.05, 3.63) is 0 Å². The van der Waals surface area contributed by atoms with E-state index in [0.717, 1.165) is 0 Å². The van der Waals surface area contributed by atoms with Crippen molar-refractivity contribution in [2.45, 2.75) is 84.4 Å². The van der Waals surface area contributed by atoms with E-state index < -0.39 is 8.32 Å². The Kier molecular flexibility index (Phi) is 10.4. The zero-order valence-electron chi connectivity index (χ0n) is 12.3. The fourth-order valence-corrected chi connectivity index (χ4v) is 6.55. The Bertz CT molecular complexity index is 205.